The van der Waals surface area contributed by atoms with Gasteiger partial charge >= 0.3 is 5.97 Å². The van der Waals surface area contributed by atoms with Crippen LogP contribution < -0.4 is 5.32 Å². The number of halogens is 1. The van der Waals surface area contributed by atoms with Gasteiger partial charge in [0.1, 0.15) is 11.5 Å². The molecule has 0 aromatic heterocycles. The minimum absolute atomic E-state index is 0.107. The van der Waals surface area contributed by atoms with Crippen molar-refractivity contribution >= 4 is 23.5 Å². The van der Waals surface area contributed by atoms with Gasteiger partial charge in [-0.25, -0.2) is 4.79 Å². The van der Waals surface area contributed by atoms with Crippen molar-refractivity contribution in [2.24, 2.45) is 0 Å². The normalized spacial score (nSPS) is 12.0. The van der Waals surface area contributed by atoms with Crippen LogP contribution in [0.25, 0.3) is 0 Å². The average molecular weight is 470 g/mol. The molecule has 5 heteroatoms. The van der Waals surface area contributed by atoms with Gasteiger partial charge in [0.2, 0.25) is 5.91 Å². The number of carbonyl (C=O) groups excluding carboxylic acids is 1. The van der Waals surface area contributed by atoms with Gasteiger partial charge in [0.15, 0.2) is 0 Å². The smallest absolute Gasteiger partial charge is 0.326 e. The van der Waals surface area contributed by atoms with Crippen LogP contribution in [0.15, 0.2) is 115 Å². The predicted molar refractivity (Wildman–Crippen MR) is 134 cm³/mol. The van der Waals surface area contributed by atoms with Gasteiger partial charge in [-0.05, 0) is 34.4 Å². The molecular formula is C29H24ClNO3. The zero-order chi connectivity index (χ0) is 24.0. The van der Waals surface area contributed by atoms with Crippen LogP contribution in [-0.4, -0.2) is 23.0 Å². The Hall–Kier alpha value is -3.89. The zero-order valence-electron chi connectivity index (χ0n) is 18.4. The molecule has 0 heterocycles. The highest BCUT2D eigenvalue weighted by Gasteiger charge is 2.45. The summed E-state index contributed by atoms with van der Waals surface area (Å²) in [4.78, 5) is 26.5. The minimum atomic E-state index is -1.24. The lowest BCUT2D eigenvalue weighted by atomic mass is 9.68. The molecule has 0 aliphatic carbocycles. The number of rotatable bonds is 8. The fraction of sp³-hybridized carbons (Fsp3) is 0.103. The Morgan fingerprint density at radius 3 is 1.62 bits per heavy atom. The van der Waals surface area contributed by atoms with Gasteiger partial charge in [0, 0.05) is 11.4 Å². The maximum absolute atomic E-state index is 14.2. The molecule has 2 N–H and O–H groups in total. The van der Waals surface area contributed by atoms with Crippen molar-refractivity contribution in [1.29, 1.82) is 0 Å². The molecule has 34 heavy (non-hydrogen) atoms. The molecule has 4 nitrogen and oxygen atoms in total. The summed E-state index contributed by atoms with van der Waals surface area (Å²) in [6.07, 6.45) is 0.107. The molecule has 1 amide bonds. The number of aliphatic carboxylic acids is 1. The van der Waals surface area contributed by atoms with Gasteiger partial charge in [0.25, 0.3) is 0 Å². The van der Waals surface area contributed by atoms with Crippen molar-refractivity contribution < 1.29 is 14.7 Å². The maximum atomic E-state index is 14.2. The third kappa shape index (κ3) is 4.73. The second-order valence-corrected chi connectivity index (χ2v) is 8.48. The summed E-state index contributed by atoms with van der Waals surface area (Å²) in [5.74, 6) is -1.53. The second kappa shape index (κ2) is 10.4. The number of hydrogen-bond donors (Lipinski definition) is 2. The summed E-state index contributed by atoms with van der Waals surface area (Å²) in [5.41, 5.74) is 1.72. The summed E-state index contributed by atoms with van der Waals surface area (Å²) in [6.45, 7) is 0. The Balaban J connectivity index is 1.84. The van der Waals surface area contributed by atoms with E-state index in [0.29, 0.717) is 5.02 Å². The van der Waals surface area contributed by atoms with Crippen LogP contribution in [0, 0.1) is 0 Å². The molecule has 4 aromatic carbocycles. The first-order valence-electron chi connectivity index (χ1n) is 11.0. The molecule has 0 saturated heterocycles. The summed E-state index contributed by atoms with van der Waals surface area (Å²) < 4.78 is 0. The van der Waals surface area contributed by atoms with Crippen molar-refractivity contribution in [3.8, 4) is 0 Å². The van der Waals surface area contributed by atoms with Crippen LogP contribution in [0.1, 0.15) is 22.3 Å². The largest absolute Gasteiger partial charge is 0.480 e. The van der Waals surface area contributed by atoms with Crippen LogP contribution in [-0.2, 0) is 21.4 Å². The summed E-state index contributed by atoms with van der Waals surface area (Å²) >= 11 is 6.09. The Kier molecular flexibility index (Phi) is 7.09. The van der Waals surface area contributed by atoms with E-state index in [9.17, 15) is 14.7 Å². The molecule has 0 unspecified atom stereocenters. The Morgan fingerprint density at radius 2 is 1.21 bits per heavy atom. The predicted octanol–water partition coefficient (Wildman–Crippen LogP) is 5.49. The summed E-state index contributed by atoms with van der Waals surface area (Å²) in [6, 6.07) is 34.2. The molecule has 0 radical (unpaired) electrons. The van der Waals surface area contributed by atoms with Crippen LogP contribution in [0.3, 0.4) is 0 Å². The van der Waals surface area contributed by atoms with E-state index in [1.54, 1.807) is 24.3 Å². The molecule has 170 valence electrons. The number of benzene rings is 4. The van der Waals surface area contributed by atoms with E-state index in [1.165, 1.54) is 0 Å². The van der Waals surface area contributed by atoms with Crippen LogP contribution in [0.2, 0.25) is 5.02 Å². The Bertz CT molecular complexity index is 1160. The third-order valence-electron chi connectivity index (χ3n) is 5.89. The fourth-order valence-electron chi connectivity index (χ4n) is 4.32. The first kappa shape index (κ1) is 23.3. The highest BCUT2D eigenvalue weighted by Crippen LogP contribution is 2.39. The number of hydrogen-bond acceptors (Lipinski definition) is 2. The topological polar surface area (TPSA) is 66.4 Å². The van der Waals surface area contributed by atoms with Gasteiger partial charge < -0.3 is 10.4 Å². The molecule has 0 aliphatic rings. The SMILES string of the molecule is O=C(O)[C@@H](Cc1cccc(Cl)c1)NC(=O)C(c1ccccc1)(c1ccccc1)c1ccccc1. The van der Waals surface area contributed by atoms with E-state index in [0.717, 1.165) is 22.3 Å². The van der Waals surface area contributed by atoms with Gasteiger partial charge in [-0.3, -0.25) is 4.79 Å². The highest BCUT2D eigenvalue weighted by molar-refractivity contribution is 6.30. The molecule has 0 saturated carbocycles. The lowest BCUT2D eigenvalue weighted by Crippen LogP contribution is -2.52. The Morgan fingerprint density at radius 1 is 0.735 bits per heavy atom. The molecule has 0 aliphatic heterocycles. The molecule has 0 spiro atoms. The number of amides is 1. The van der Waals surface area contributed by atoms with Crippen LogP contribution >= 0.6 is 11.6 Å². The van der Waals surface area contributed by atoms with E-state index < -0.39 is 23.3 Å². The standard InChI is InChI=1S/C29H24ClNO3/c30-25-18-10-11-21(19-25)20-26(27(32)33)31-28(34)29(22-12-4-1-5-13-22,23-14-6-2-7-15-23)24-16-8-3-9-17-24/h1-19,26H,20H2,(H,31,34)(H,32,33)/t26-/m1/s1. The zero-order valence-corrected chi connectivity index (χ0v) is 19.2. The molecule has 1 atom stereocenters. The van der Waals surface area contributed by atoms with Gasteiger partial charge in [0.05, 0.1) is 0 Å². The van der Waals surface area contributed by atoms with Gasteiger partial charge in [-0.2, -0.15) is 0 Å². The first-order chi connectivity index (χ1) is 16.5. The van der Waals surface area contributed by atoms with Gasteiger partial charge in [-0.1, -0.05) is 115 Å². The van der Waals surface area contributed by atoms with Gasteiger partial charge in [-0.15, -0.1) is 0 Å². The molecule has 0 fully saturated rings. The molecular weight excluding hydrogens is 446 g/mol. The van der Waals surface area contributed by atoms with E-state index in [1.807, 2.05) is 91.0 Å². The molecule has 4 aromatic rings. The summed E-state index contributed by atoms with van der Waals surface area (Å²) in [7, 11) is 0. The number of nitrogens with one attached hydrogen (secondary N) is 1. The number of carboxylic acids is 1. The third-order valence-corrected chi connectivity index (χ3v) is 6.13. The van der Waals surface area contributed by atoms with Crippen molar-refractivity contribution in [3.05, 3.63) is 143 Å². The number of carbonyl (C=O) groups is 2. The molecule has 0 bridgehead atoms. The fourth-order valence-corrected chi connectivity index (χ4v) is 4.54. The lowest BCUT2D eigenvalue weighted by Gasteiger charge is -2.35. The highest BCUT2D eigenvalue weighted by atomic mass is 35.5. The van der Waals surface area contributed by atoms with Crippen molar-refractivity contribution in [2.45, 2.75) is 17.9 Å². The summed E-state index contributed by atoms with van der Waals surface area (Å²) in [5, 5.41) is 13.3. The quantitative estimate of drug-likeness (QED) is 0.335. The van der Waals surface area contributed by atoms with E-state index in [2.05, 4.69) is 5.32 Å². The Labute approximate surface area is 203 Å². The van der Waals surface area contributed by atoms with Crippen molar-refractivity contribution in [3.63, 3.8) is 0 Å². The van der Waals surface area contributed by atoms with E-state index >= 15 is 0 Å². The maximum Gasteiger partial charge on any atom is 0.326 e. The second-order valence-electron chi connectivity index (χ2n) is 8.05. The van der Waals surface area contributed by atoms with Crippen molar-refractivity contribution in [1.82, 2.24) is 5.32 Å². The van der Waals surface area contributed by atoms with Crippen LogP contribution in [0.4, 0.5) is 0 Å². The van der Waals surface area contributed by atoms with Crippen LogP contribution in [0.5, 0.6) is 0 Å². The van der Waals surface area contributed by atoms with E-state index in [-0.39, 0.29) is 6.42 Å². The lowest BCUT2D eigenvalue weighted by molar-refractivity contribution is -0.142. The molecule has 4 rings (SSSR count). The monoisotopic (exact) mass is 469 g/mol. The first-order valence-corrected chi connectivity index (χ1v) is 11.3. The minimum Gasteiger partial charge on any atom is -0.480 e. The average Bonchev–Trinajstić information content (AvgIpc) is 2.86. The number of carboxylic acid groups (broad SMARTS) is 1. The van der Waals surface area contributed by atoms with E-state index in [4.69, 9.17) is 11.6 Å². The van der Waals surface area contributed by atoms with Crippen molar-refractivity contribution in [2.75, 3.05) is 0 Å².